The van der Waals surface area contributed by atoms with Crippen molar-refractivity contribution >= 4 is 12.1 Å². The lowest BCUT2D eigenvalue weighted by Gasteiger charge is -2.28. The molecule has 4 aliphatic rings. The fourth-order valence-corrected chi connectivity index (χ4v) is 5.71. The van der Waals surface area contributed by atoms with Crippen LogP contribution >= 0.6 is 0 Å². The number of carbonyl (C=O) groups excluding carboxylic acids is 2. The summed E-state index contributed by atoms with van der Waals surface area (Å²) >= 11 is 0. The molecule has 0 aromatic heterocycles. The number of rotatable bonds is 4. The molecule has 4 aliphatic heterocycles. The zero-order valence-electron chi connectivity index (χ0n) is 24.3. The molecule has 1 saturated heterocycles. The quantitative estimate of drug-likeness (QED) is 0.286. The van der Waals surface area contributed by atoms with Crippen LogP contribution in [0.4, 0.5) is 4.79 Å². The SMILES string of the molecule is C=C1C[C@H](C)C[C@@H]2CC=C[C@@H](CC=CC(=O)O[C@H]([C@@H](O)C=C[C@@H]3CC(C)=CCO3)C[C@@H]3O[C@H]3[C@@H](OC(=O)OC)C1)O2. The van der Waals surface area contributed by atoms with E-state index in [1.807, 2.05) is 19.1 Å². The van der Waals surface area contributed by atoms with Crippen LogP contribution in [0.3, 0.4) is 0 Å². The van der Waals surface area contributed by atoms with Crippen molar-refractivity contribution in [3.05, 3.63) is 60.3 Å². The van der Waals surface area contributed by atoms with E-state index in [0.717, 1.165) is 31.3 Å². The Morgan fingerprint density at radius 2 is 2.00 bits per heavy atom. The second-order valence-corrected chi connectivity index (χ2v) is 11.6. The van der Waals surface area contributed by atoms with Crippen LogP contribution in [0.5, 0.6) is 0 Å². The van der Waals surface area contributed by atoms with E-state index >= 15 is 0 Å². The first kappa shape index (κ1) is 31.2. The number of cyclic esters (lactones) is 1. The highest BCUT2D eigenvalue weighted by Gasteiger charge is 2.49. The second kappa shape index (κ2) is 15.0. The highest BCUT2D eigenvalue weighted by molar-refractivity contribution is 5.82. The molecule has 0 radical (unpaired) electrons. The van der Waals surface area contributed by atoms with E-state index in [4.69, 9.17) is 28.4 Å². The Balaban J connectivity index is 1.50. The van der Waals surface area contributed by atoms with E-state index in [9.17, 15) is 14.7 Å². The Morgan fingerprint density at radius 1 is 1.17 bits per heavy atom. The topological polar surface area (TPSA) is 113 Å². The number of fused-ring (bicyclic) bond motifs is 3. The molecular formula is C32H44O9. The highest BCUT2D eigenvalue weighted by atomic mass is 16.7. The molecule has 1 fully saturated rings. The molecule has 9 nitrogen and oxygen atoms in total. The van der Waals surface area contributed by atoms with Gasteiger partial charge in [0.25, 0.3) is 0 Å². The molecule has 0 unspecified atom stereocenters. The van der Waals surface area contributed by atoms with E-state index < -0.39 is 36.5 Å². The van der Waals surface area contributed by atoms with Crippen molar-refractivity contribution in [2.45, 2.75) is 108 Å². The number of hydrogen-bond acceptors (Lipinski definition) is 9. The van der Waals surface area contributed by atoms with Gasteiger partial charge < -0.3 is 33.5 Å². The van der Waals surface area contributed by atoms with Crippen molar-refractivity contribution in [2.24, 2.45) is 5.92 Å². The summed E-state index contributed by atoms with van der Waals surface area (Å²) in [5.41, 5.74) is 2.16. The van der Waals surface area contributed by atoms with Crippen LogP contribution in [0, 0.1) is 5.92 Å². The molecule has 4 heterocycles. The number of aliphatic hydroxyl groups is 1. The zero-order chi connectivity index (χ0) is 29.4. The summed E-state index contributed by atoms with van der Waals surface area (Å²) in [4.78, 5) is 24.8. The van der Waals surface area contributed by atoms with Gasteiger partial charge in [0.05, 0.1) is 38.1 Å². The monoisotopic (exact) mass is 572 g/mol. The molecule has 0 spiro atoms. The van der Waals surface area contributed by atoms with Gasteiger partial charge in [-0.05, 0) is 44.9 Å². The van der Waals surface area contributed by atoms with Gasteiger partial charge in [-0.3, -0.25) is 0 Å². The Bertz CT molecular complexity index is 1040. The third kappa shape index (κ3) is 9.95. The van der Waals surface area contributed by atoms with E-state index in [0.29, 0.717) is 25.4 Å². The number of carbonyl (C=O) groups is 2. The molecule has 9 atom stereocenters. The van der Waals surface area contributed by atoms with Crippen molar-refractivity contribution in [3.8, 4) is 0 Å². The minimum atomic E-state index is -1.08. The first-order valence-corrected chi connectivity index (χ1v) is 14.6. The van der Waals surface area contributed by atoms with Crippen molar-refractivity contribution in [2.75, 3.05) is 13.7 Å². The molecule has 0 aliphatic carbocycles. The maximum absolute atomic E-state index is 12.8. The number of ether oxygens (including phenoxy) is 6. The van der Waals surface area contributed by atoms with Gasteiger partial charge in [0, 0.05) is 18.9 Å². The molecule has 0 amide bonds. The lowest BCUT2D eigenvalue weighted by molar-refractivity contribution is -0.148. The van der Waals surface area contributed by atoms with Gasteiger partial charge in [0.1, 0.15) is 24.4 Å². The molecule has 0 aromatic carbocycles. The smallest absolute Gasteiger partial charge is 0.456 e. The van der Waals surface area contributed by atoms with Crippen LogP contribution in [0.15, 0.2) is 60.3 Å². The van der Waals surface area contributed by atoms with Crippen LogP contribution in [0.25, 0.3) is 0 Å². The first-order chi connectivity index (χ1) is 19.7. The summed E-state index contributed by atoms with van der Waals surface area (Å²) in [5, 5.41) is 11.1. The number of aliphatic hydroxyl groups excluding tert-OH is 1. The van der Waals surface area contributed by atoms with Crippen molar-refractivity contribution in [1.82, 2.24) is 0 Å². The number of esters is 1. The van der Waals surface area contributed by atoms with Gasteiger partial charge in [0.2, 0.25) is 0 Å². The van der Waals surface area contributed by atoms with Gasteiger partial charge in [-0.25, -0.2) is 9.59 Å². The molecular weight excluding hydrogens is 528 g/mol. The summed E-state index contributed by atoms with van der Waals surface area (Å²) in [6, 6.07) is 0. The Kier molecular flexibility index (Phi) is 11.4. The van der Waals surface area contributed by atoms with Crippen molar-refractivity contribution < 1.29 is 43.1 Å². The van der Waals surface area contributed by atoms with E-state index in [1.54, 1.807) is 18.2 Å². The fourth-order valence-electron chi connectivity index (χ4n) is 5.71. The average Bonchev–Trinajstić information content (AvgIpc) is 3.69. The van der Waals surface area contributed by atoms with E-state index in [2.05, 4.69) is 19.6 Å². The molecule has 1 N–H and O–H groups in total. The number of methoxy groups -OCH3 is 1. The number of hydrogen-bond donors (Lipinski definition) is 1. The second-order valence-electron chi connectivity index (χ2n) is 11.6. The zero-order valence-corrected chi connectivity index (χ0v) is 24.3. The Morgan fingerprint density at radius 3 is 2.78 bits per heavy atom. The fraction of sp³-hybridized carbons (Fsp3) is 0.625. The average molecular weight is 573 g/mol. The molecule has 226 valence electrons. The third-order valence-corrected chi connectivity index (χ3v) is 7.84. The van der Waals surface area contributed by atoms with Crippen LogP contribution in [0.1, 0.15) is 58.8 Å². The Hall–Kier alpha value is -2.72. The maximum atomic E-state index is 12.8. The molecule has 2 bridgehead atoms. The third-order valence-electron chi connectivity index (χ3n) is 7.84. The van der Waals surface area contributed by atoms with Crippen molar-refractivity contribution in [1.29, 1.82) is 0 Å². The first-order valence-electron chi connectivity index (χ1n) is 14.6. The van der Waals surface area contributed by atoms with Gasteiger partial charge in [0.15, 0.2) is 0 Å². The van der Waals surface area contributed by atoms with Crippen LogP contribution in [-0.2, 0) is 33.2 Å². The predicted molar refractivity (Wildman–Crippen MR) is 152 cm³/mol. The van der Waals surface area contributed by atoms with Gasteiger partial charge >= 0.3 is 12.1 Å². The van der Waals surface area contributed by atoms with Gasteiger partial charge in [-0.15, -0.1) is 0 Å². The summed E-state index contributed by atoms with van der Waals surface area (Å²) < 4.78 is 33.9. The largest absolute Gasteiger partial charge is 0.508 e. The van der Waals surface area contributed by atoms with Gasteiger partial charge in [-0.2, -0.15) is 0 Å². The molecule has 41 heavy (non-hydrogen) atoms. The summed E-state index contributed by atoms with van der Waals surface area (Å²) in [6.07, 6.45) is 12.7. The predicted octanol–water partition coefficient (Wildman–Crippen LogP) is 4.90. The maximum Gasteiger partial charge on any atom is 0.508 e. The Labute approximate surface area is 242 Å². The van der Waals surface area contributed by atoms with Crippen LogP contribution < -0.4 is 0 Å². The van der Waals surface area contributed by atoms with Crippen LogP contribution in [-0.4, -0.2) is 79.8 Å². The highest BCUT2D eigenvalue weighted by Crippen LogP contribution is 2.36. The molecule has 9 heteroatoms. The minimum absolute atomic E-state index is 0.0732. The molecule has 0 aromatic rings. The van der Waals surface area contributed by atoms with Gasteiger partial charge in [-0.1, -0.05) is 61.1 Å². The lowest BCUT2D eigenvalue weighted by Crippen LogP contribution is -2.33. The summed E-state index contributed by atoms with van der Waals surface area (Å²) in [5.74, 6) is -0.244. The van der Waals surface area contributed by atoms with Crippen molar-refractivity contribution in [3.63, 3.8) is 0 Å². The molecule has 4 rings (SSSR count). The lowest BCUT2D eigenvalue weighted by atomic mass is 9.90. The number of epoxide rings is 1. The normalized spacial score (nSPS) is 35.9. The van der Waals surface area contributed by atoms with Crippen LogP contribution in [0.2, 0.25) is 0 Å². The molecule has 0 saturated carbocycles. The van der Waals surface area contributed by atoms with E-state index in [-0.39, 0.29) is 30.8 Å². The summed E-state index contributed by atoms with van der Waals surface area (Å²) in [7, 11) is 1.26. The minimum Gasteiger partial charge on any atom is -0.456 e. The standard InChI is InChI=1S/C32H44O9/c1-20-13-14-37-24(16-20)11-12-26(33)27-19-29-31(40-29)28(41-32(35)36-4)18-22(3)15-21(2)17-25-9-5-7-23(38-25)8-6-10-30(34)39-27/h5-7,10-13,21,23-29,31,33H,3,8-9,14-19H2,1-2,4H3/t21-,23-,24+,25-,26-,27-,28-,29-,31-/m0/s1. The van der Waals surface area contributed by atoms with E-state index in [1.165, 1.54) is 18.8 Å². The summed E-state index contributed by atoms with van der Waals surface area (Å²) in [6.45, 7) is 8.98.